The number of methoxy groups -OCH3 is 3. The summed E-state index contributed by atoms with van der Waals surface area (Å²) in [5, 5.41) is 9.92. The predicted octanol–water partition coefficient (Wildman–Crippen LogP) is 1.74. The van der Waals surface area contributed by atoms with Gasteiger partial charge in [-0.1, -0.05) is 12.1 Å². The fourth-order valence-electron chi connectivity index (χ4n) is 1.43. The highest BCUT2D eigenvalue weighted by Crippen LogP contribution is 2.22. The molecule has 4 nitrogen and oxygen atoms in total. The first-order valence-electron chi connectivity index (χ1n) is 5.09. The van der Waals surface area contributed by atoms with Crippen molar-refractivity contribution in [3.05, 3.63) is 29.8 Å². The summed E-state index contributed by atoms with van der Waals surface area (Å²) in [6, 6.07) is 7.28. The first-order valence-corrected chi connectivity index (χ1v) is 5.09. The third-order valence-electron chi connectivity index (χ3n) is 2.44. The van der Waals surface area contributed by atoms with Crippen LogP contribution in [-0.2, 0) is 9.47 Å². The van der Waals surface area contributed by atoms with Crippen LogP contribution in [-0.4, -0.2) is 32.7 Å². The molecule has 4 heteroatoms. The number of aliphatic hydroxyl groups excluding tert-OH is 1. The molecule has 0 fully saturated rings. The van der Waals surface area contributed by atoms with E-state index in [9.17, 15) is 5.11 Å². The van der Waals surface area contributed by atoms with Gasteiger partial charge in [-0.2, -0.15) is 0 Å². The fraction of sp³-hybridized carbons (Fsp3) is 0.500. The van der Waals surface area contributed by atoms with Crippen LogP contribution in [0.5, 0.6) is 5.75 Å². The maximum atomic E-state index is 9.92. The van der Waals surface area contributed by atoms with Crippen LogP contribution < -0.4 is 4.74 Å². The first kappa shape index (κ1) is 13.0. The molecular formula is C12H18O4. The second-order valence-electron chi connectivity index (χ2n) is 3.43. The molecule has 0 aromatic heterocycles. The molecule has 0 bridgehead atoms. The second-order valence-corrected chi connectivity index (χ2v) is 3.43. The van der Waals surface area contributed by atoms with Crippen LogP contribution in [0.3, 0.4) is 0 Å². The Bertz CT molecular complexity index is 292. The van der Waals surface area contributed by atoms with Crippen molar-refractivity contribution in [3.63, 3.8) is 0 Å². The van der Waals surface area contributed by atoms with Gasteiger partial charge in [-0.15, -0.1) is 0 Å². The Balaban J connectivity index is 2.61. The zero-order chi connectivity index (χ0) is 12.0. The highest BCUT2D eigenvalue weighted by Gasteiger charge is 2.14. The summed E-state index contributed by atoms with van der Waals surface area (Å²) in [7, 11) is 4.71. The molecule has 0 amide bonds. The van der Waals surface area contributed by atoms with E-state index in [0.29, 0.717) is 6.42 Å². The van der Waals surface area contributed by atoms with Gasteiger partial charge in [0.15, 0.2) is 6.29 Å². The lowest BCUT2D eigenvalue weighted by Crippen LogP contribution is -2.16. The summed E-state index contributed by atoms with van der Waals surface area (Å²) >= 11 is 0. The van der Waals surface area contributed by atoms with E-state index in [1.54, 1.807) is 21.3 Å². The number of rotatable bonds is 6. The van der Waals surface area contributed by atoms with E-state index in [1.807, 2.05) is 24.3 Å². The van der Waals surface area contributed by atoms with Gasteiger partial charge in [-0.25, -0.2) is 0 Å². The van der Waals surface area contributed by atoms with Gasteiger partial charge in [0.05, 0.1) is 13.2 Å². The van der Waals surface area contributed by atoms with Crippen molar-refractivity contribution in [1.29, 1.82) is 0 Å². The molecule has 0 aliphatic heterocycles. The lowest BCUT2D eigenvalue weighted by Gasteiger charge is -2.17. The van der Waals surface area contributed by atoms with E-state index in [1.165, 1.54) is 0 Å². The standard InChI is InChI=1S/C12H18O4/c1-14-10-6-4-9(5-7-10)11(13)8-12(15-2)16-3/h4-7,11-13H,8H2,1-3H3. The summed E-state index contributed by atoms with van der Waals surface area (Å²) in [6.07, 6.45) is -0.591. The van der Waals surface area contributed by atoms with E-state index in [-0.39, 0.29) is 0 Å². The van der Waals surface area contributed by atoms with Crippen molar-refractivity contribution < 1.29 is 19.3 Å². The van der Waals surface area contributed by atoms with Gasteiger partial charge in [-0.05, 0) is 17.7 Å². The van der Waals surface area contributed by atoms with Crippen molar-refractivity contribution in [2.45, 2.75) is 18.8 Å². The predicted molar refractivity (Wildman–Crippen MR) is 60.4 cm³/mol. The highest BCUT2D eigenvalue weighted by atomic mass is 16.7. The Kier molecular flexibility index (Phi) is 5.25. The fourth-order valence-corrected chi connectivity index (χ4v) is 1.43. The van der Waals surface area contributed by atoms with Gasteiger partial charge < -0.3 is 19.3 Å². The summed E-state index contributed by atoms with van der Waals surface area (Å²) in [5.74, 6) is 0.769. The van der Waals surface area contributed by atoms with Gasteiger partial charge in [0.1, 0.15) is 5.75 Å². The Morgan fingerprint density at radius 2 is 1.62 bits per heavy atom. The summed E-state index contributed by atoms with van der Waals surface area (Å²) in [6.45, 7) is 0. The maximum Gasteiger partial charge on any atom is 0.159 e. The highest BCUT2D eigenvalue weighted by molar-refractivity contribution is 5.28. The third-order valence-corrected chi connectivity index (χ3v) is 2.44. The molecule has 0 radical (unpaired) electrons. The van der Waals surface area contributed by atoms with Gasteiger partial charge >= 0.3 is 0 Å². The smallest absolute Gasteiger partial charge is 0.159 e. The molecule has 0 aliphatic carbocycles. The molecule has 0 heterocycles. The molecule has 0 spiro atoms. The van der Waals surface area contributed by atoms with Crippen LogP contribution in [0.4, 0.5) is 0 Å². The number of hydrogen-bond donors (Lipinski definition) is 1. The van der Waals surface area contributed by atoms with Crippen LogP contribution in [0.15, 0.2) is 24.3 Å². The zero-order valence-corrected chi connectivity index (χ0v) is 9.84. The Morgan fingerprint density at radius 3 is 2.06 bits per heavy atom. The first-order chi connectivity index (χ1) is 7.71. The van der Waals surface area contributed by atoms with Gasteiger partial charge in [-0.3, -0.25) is 0 Å². The minimum atomic E-state index is -0.601. The molecule has 1 atom stereocenters. The zero-order valence-electron chi connectivity index (χ0n) is 9.84. The molecule has 90 valence electrons. The van der Waals surface area contributed by atoms with E-state index < -0.39 is 12.4 Å². The lowest BCUT2D eigenvalue weighted by molar-refractivity contribution is -0.123. The third kappa shape index (κ3) is 3.48. The van der Waals surface area contributed by atoms with Gasteiger partial charge in [0.2, 0.25) is 0 Å². The molecule has 16 heavy (non-hydrogen) atoms. The Morgan fingerprint density at radius 1 is 1.06 bits per heavy atom. The quantitative estimate of drug-likeness (QED) is 0.750. The van der Waals surface area contributed by atoms with Crippen LogP contribution in [0.2, 0.25) is 0 Å². The summed E-state index contributed by atoms with van der Waals surface area (Å²) < 4.78 is 15.1. The van der Waals surface area contributed by atoms with E-state index in [2.05, 4.69) is 0 Å². The minimum Gasteiger partial charge on any atom is -0.497 e. The van der Waals surface area contributed by atoms with E-state index in [0.717, 1.165) is 11.3 Å². The van der Waals surface area contributed by atoms with Crippen molar-refractivity contribution in [1.82, 2.24) is 0 Å². The summed E-state index contributed by atoms with van der Waals surface area (Å²) in [5.41, 5.74) is 0.819. The molecule has 0 saturated heterocycles. The molecule has 0 aliphatic rings. The van der Waals surface area contributed by atoms with Gasteiger partial charge in [0.25, 0.3) is 0 Å². The van der Waals surface area contributed by atoms with Crippen molar-refractivity contribution in [2.24, 2.45) is 0 Å². The van der Waals surface area contributed by atoms with Gasteiger partial charge in [0, 0.05) is 20.6 Å². The molecule has 1 unspecified atom stereocenters. The summed E-state index contributed by atoms with van der Waals surface area (Å²) in [4.78, 5) is 0. The Labute approximate surface area is 95.8 Å². The largest absolute Gasteiger partial charge is 0.497 e. The maximum absolute atomic E-state index is 9.92. The monoisotopic (exact) mass is 226 g/mol. The molecule has 0 saturated carbocycles. The van der Waals surface area contributed by atoms with E-state index >= 15 is 0 Å². The number of ether oxygens (including phenoxy) is 3. The van der Waals surface area contributed by atoms with Crippen molar-refractivity contribution >= 4 is 0 Å². The van der Waals surface area contributed by atoms with Crippen LogP contribution in [0, 0.1) is 0 Å². The van der Waals surface area contributed by atoms with E-state index in [4.69, 9.17) is 14.2 Å². The lowest BCUT2D eigenvalue weighted by atomic mass is 10.1. The minimum absolute atomic E-state index is 0.392. The van der Waals surface area contributed by atoms with Crippen molar-refractivity contribution in [3.8, 4) is 5.75 Å². The van der Waals surface area contributed by atoms with Crippen LogP contribution in [0.25, 0.3) is 0 Å². The number of hydrogen-bond acceptors (Lipinski definition) is 4. The number of aliphatic hydroxyl groups is 1. The SMILES string of the molecule is COc1ccc(C(O)CC(OC)OC)cc1. The normalized spacial score (nSPS) is 12.8. The molecular weight excluding hydrogens is 208 g/mol. The van der Waals surface area contributed by atoms with Crippen LogP contribution >= 0.6 is 0 Å². The topological polar surface area (TPSA) is 47.9 Å². The average molecular weight is 226 g/mol. The van der Waals surface area contributed by atoms with Crippen LogP contribution in [0.1, 0.15) is 18.1 Å². The second kappa shape index (κ2) is 6.48. The number of benzene rings is 1. The molecule has 1 aromatic rings. The van der Waals surface area contributed by atoms with Crippen molar-refractivity contribution in [2.75, 3.05) is 21.3 Å². The molecule has 1 N–H and O–H groups in total. The average Bonchev–Trinajstić information content (AvgIpc) is 2.35. The Hall–Kier alpha value is -1.10. The molecule has 1 aromatic carbocycles. The molecule has 1 rings (SSSR count).